The van der Waals surface area contributed by atoms with Crippen molar-refractivity contribution in [3.05, 3.63) is 59.4 Å². The predicted molar refractivity (Wildman–Crippen MR) is 71.4 cm³/mol. The molecule has 0 aromatic heterocycles. The summed E-state index contributed by atoms with van der Waals surface area (Å²) in [5.74, 6) is 0.318. The SMILES string of the molecule is COc1ccccc1NCc1ccc(C#N)cc1F. The molecule has 0 saturated carbocycles. The number of anilines is 1. The minimum atomic E-state index is -0.388. The molecule has 0 aliphatic heterocycles. The zero-order valence-corrected chi connectivity index (χ0v) is 10.5. The van der Waals surface area contributed by atoms with Gasteiger partial charge < -0.3 is 10.1 Å². The molecule has 0 fully saturated rings. The van der Waals surface area contributed by atoms with Crippen molar-refractivity contribution < 1.29 is 9.13 Å². The summed E-state index contributed by atoms with van der Waals surface area (Å²) < 4.78 is 18.9. The Morgan fingerprint density at radius 2 is 2.05 bits per heavy atom. The number of methoxy groups -OCH3 is 1. The van der Waals surface area contributed by atoms with Crippen molar-refractivity contribution in [3.63, 3.8) is 0 Å². The third-order valence-corrected chi connectivity index (χ3v) is 2.76. The van der Waals surface area contributed by atoms with E-state index in [0.29, 0.717) is 23.4 Å². The first-order chi connectivity index (χ1) is 9.24. The molecular formula is C15H13FN2O. The van der Waals surface area contributed by atoms with Crippen LogP contribution in [0.4, 0.5) is 10.1 Å². The van der Waals surface area contributed by atoms with E-state index < -0.39 is 0 Å². The van der Waals surface area contributed by atoms with Gasteiger partial charge in [0.15, 0.2) is 0 Å². The van der Waals surface area contributed by atoms with E-state index in [2.05, 4.69) is 5.32 Å². The van der Waals surface area contributed by atoms with Gasteiger partial charge in [-0.05, 0) is 24.3 Å². The highest BCUT2D eigenvalue weighted by molar-refractivity contribution is 5.56. The van der Waals surface area contributed by atoms with Gasteiger partial charge in [0.1, 0.15) is 11.6 Å². The van der Waals surface area contributed by atoms with Gasteiger partial charge in [0.05, 0.1) is 24.4 Å². The molecule has 0 aliphatic carbocycles. The Labute approximate surface area is 111 Å². The highest BCUT2D eigenvalue weighted by Gasteiger charge is 2.05. The summed E-state index contributed by atoms with van der Waals surface area (Å²) >= 11 is 0. The largest absolute Gasteiger partial charge is 0.495 e. The molecule has 0 heterocycles. The molecule has 0 atom stereocenters. The van der Waals surface area contributed by atoms with Gasteiger partial charge in [-0.25, -0.2) is 4.39 Å². The average molecular weight is 256 g/mol. The normalized spacial score (nSPS) is 9.74. The highest BCUT2D eigenvalue weighted by Crippen LogP contribution is 2.24. The molecule has 0 radical (unpaired) electrons. The molecule has 2 aromatic rings. The van der Waals surface area contributed by atoms with Crippen molar-refractivity contribution in [2.75, 3.05) is 12.4 Å². The van der Waals surface area contributed by atoms with E-state index >= 15 is 0 Å². The topological polar surface area (TPSA) is 45.0 Å². The monoisotopic (exact) mass is 256 g/mol. The standard InChI is InChI=1S/C15H13FN2O/c1-19-15-5-3-2-4-14(15)18-10-12-7-6-11(9-17)8-13(12)16/h2-8,18H,10H2,1H3. The second kappa shape index (κ2) is 5.87. The van der Waals surface area contributed by atoms with Gasteiger partial charge in [0.25, 0.3) is 0 Å². The fourth-order valence-corrected chi connectivity index (χ4v) is 1.74. The van der Waals surface area contributed by atoms with Crippen LogP contribution in [-0.4, -0.2) is 7.11 Å². The molecule has 2 aromatic carbocycles. The Morgan fingerprint density at radius 3 is 2.74 bits per heavy atom. The zero-order valence-electron chi connectivity index (χ0n) is 10.5. The molecule has 4 heteroatoms. The minimum absolute atomic E-state index is 0.318. The van der Waals surface area contributed by atoms with Gasteiger partial charge in [-0.15, -0.1) is 0 Å². The zero-order chi connectivity index (χ0) is 13.7. The molecule has 3 nitrogen and oxygen atoms in total. The van der Waals surface area contributed by atoms with Gasteiger partial charge in [0, 0.05) is 12.1 Å². The quantitative estimate of drug-likeness (QED) is 0.912. The minimum Gasteiger partial charge on any atom is -0.495 e. The molecule has 2 rings (SSSR count). The van der Waals surface area contributed by atoms with Crippen molar-refractivity contribution in [1.82, 2.24) is 0 Å². The van der Waals surface area contributed by atoms with Crippen LogP contribution in [0.2, 0.25) is 0 Å². The fraction of sp³-hybridized carbons (Fsp3) is 0.133. The Kier molecular flexibility index (Phi) is 3.99. The van der Waals surface area contributed by atoms with Crippen LogP contribution in [0.15, 0.2) is 42.5 Å². The smallest absolute Gasteiger partial charge is 0.141 e. The summed E-state index contributed by atoms with van der Waals surface area (Å²) in [6.45, 7) is 0.331. The number of ether oxygens (including phenoxy) is 1. The van der Waals surface area contributed by atoms with Crippen LogP contribution in [0, 0.1) is 17.1 Å². The second-order valence-electron chi connectivity index (χ2n) is 3.97. The first-order valence-corrected chi connectivity index (χ1v) is 5.80. The number of hydrogen-bond donors (Lipinski definition) is 1. The summed E-state index contributed by atoms with van der Waals surface area (Å²) in [6.07, 6.45) is 0. The lowest BCUT2D eigenvalue weighted by molar-refractivity contribution is 0.416. The number of benzene rings is 2. The van der Waals surface area contributed by atoms with E-state index in [9.17, 15) is 4.39 Å². The average Bonchev–Trinajstić information content (AvgIpc) is 2.46. The fourth-order valence-electron chi connectivity index (χ4n) is 1.74. The van der Waals surface area contributed by atoms with E-state index in [1.54, 1.807) is 19.2 Å². The lowest BCUT2D eigenvalue weighted by atomic mass is 10.1. The number of rotatable bonds is 4. The first-order valence-electron chi connectivity index (χ1n) is 5.80. The van der Waals surface area contributed by atoms with Crippen LogP contribution in [-0.2, 0) is 6.54 Å². The highest BCUT2D eigenvalue weighted by atomic mass is 19.1. The molecule has 0 spiro atoms. The van der Waals surface area contributed by atoms with Gasteiger partial charge in [0.2, 0.25) is 0 Å². The molecule has 0 unspecified atom stereocenters. The molecular weight excluding hydrogens is 243 g/mol. The lowest BCUT2D eigenvalue weighted by Crippen LogP contribution is -2.03. The van der Waals surface area contributed by atoms with E-state index in [4.69, 9.17) is 10.00 Å². The van der Waals surface area contributed by atoms with Gasteiger partial charge in [-0.2, -0.15) is 5.26 Å². The van der Waals surface area contributed by atoms with E-state index in [0.717, 1.165) is 5.69 Å². The third-order valence-electron chi connectivity index (χ3n) is 2.76. The number of nitrogens with zero attached hydrogens (tertiary/aromatic N) is 1. The molecule has 0 bridgehead atoms. The maximum absolute atomic E-state index is 13.7. The van der Waals surface area contributed by atoms with Crippen molar-refractivity contribution in [3.8, 4) is 11.8 Å². The molecule has 19 heavy (non-hydrogen) atoms. The molecule has 96 valence electrons. The summed E-state index contributed by atoms with van der Waals surface area (Å²) in [5, 5.41) is 11.8. The van der Waals surface area contributed by atoms with Crippen molar-refractivity contribution >= 4 is 5.69 Å². The van der Waals surface area contributed by atoms with Crippen LogP contribution >= 0.6 is 0 Å². The number of nitriles is 1. The van der Waals surface area contributed by atoms with E-state index in [-0.39, 0.29) is 5.82 Å². The molecule has 0 aliphatic rings. The Hall–Kier alpha value is -2.54. The second-order valence-corrected chi connectivity index (χ2v) is 3.97. The maximum atomic E-state index is 13.7. The number of nitrogens with one attached hydrogen (secondary N) is 1. The van der Waals surface area contributed by atoms with E-state index in [1.165, 1.54) is 6.07 Å². The van der Waals surface area contributed by atoms with Gasteiger partial charge in [-0.1, -0.05) is 18.2 Å². The number of hydrogen-bond acceptors (Lipinski definition) is 3. The van der Waals surface area contributed by atoms with Crippen LogP contribution in [0.3, 0.4) is 0 Å². The number of halogens is 1. The Morgan fingerprint density at radius 1 is 1.26 bits per heavy atom. The Balaban J connectivity index is 2.13. The van der Waals surface area contributed by atoms with Crippen molar-refractivity contribution in [1.29, 1.82) is 5.26 Å². The van der Waals surface area contributed by atoms with Crippen LogP contribution in [0.25, 0.3) is 0 Å². The molecule has 1 N–H and O–H groups in total. The van der Waals surface area contributed by atoms with Gasteiger partial charge >= 0.3 is 0 Å². The first kappa shape index (κ1) is 12.9. The van der Waals surface area contributed by atoms with Crippen molar-refractivity contribution in [2.24, 2.45) is 0 Å². The Bertz CT molecular complexity index is 620. The van der Waals surface area contributed by atoms with Crippen molar-refractivity contribution in [2.45, 2.75) is 6.54 Å². The lowest BCUT2D eigenvalue weighted by Gasteiger charge is -2.11. The number of para-hydroxylation sites is 2. The summed E-state index contributed by atoms with van der Waals surface area (Å²) in [6, 6.07) is 13.8. The molecule has 0 saturated heterocycles. The summed E-state index contributed by atoms with van der Waals surface area (Å²) in [5.41, 5.74) is 1.62. The molecule has 0 amide bonds. The van der Waals surface area contributed by atoms with Crippen LogP contribution in [0.5, 0.6) is 5.75 Å². The summed E-state index contributed by atoms with van der Waals surface area (Å²) in [7, 11) is 1.59. The van der Waals surface area contributed by atoms with Crippen LogP contribution in [0.1, 0.15) is 11.1 Å². The van der Waals surface area contributed by atoms with E-state index in [1.807, 2.05) is 30.3 Å². The summed E-state index contributed by atoms with van der Waals surface area (Å²) in [4.78, 5) is 0. The predicted octanol–water partition coefficient (Wildman–Crippen LogP) is 3.32. The third kappa shape index (κ3) is 3.02. The maximum Gasteiger partial charge on any atom is 0.141 e. The van der Waals surface area contributed by atoms with Gasteiger partial charge in [-0.3, -0.25) is 0 Å². The van der Waals surface area contributed by atoms with Crippen LogP contribution < -0.4 is 10.1 Å².